The maximum Gasteiger partial charge on any atom is 0.228 e. The molecule has 1 unspecified atom stereocenters. The Labute approximate surface area is 185 Å². The smallest absolute Gasteiger partial charge is 0.228 e. The third-order valence-electron chi connectivity index (χ3n) is 6.54. The third kappa shape index (κ3) is 3.45. The zero-order valence-corrected chi connectivity index (χ0v) is 18.5. The van der Waals surface area contributed by atoms with E-state index < -0.39 is 0 Å². The number of hydrogen-bond donors (Lipinski definition) is 0. The van der Waals surface area contributed by atoms with E-state index in [1.807, 2.05) is 36.9 Å². The van der Waals surface area contributed by atoms with Crippen molar-refractivity contribution >= 4 is 34.5 Å². The minimum Gasteiger partial charge on any atom is -0.351 e. The quantitative estimate of drug-likeness (QED) is 0.608. The van der Waals surface area contributed by atoms with Crippen molar-refractivity contribution in [2.24, 2.45) is 13.0 Å². The largest absolute Gasteiger partial charge is 0.351 e. The Morgan fingerprint density at radius 2 is 1.84 bits per heavy atom. The summed E-state index contributed by atoms with van der Waals surface area (Å²) in [5.41, 5.74) is 4.55. The SMILES string of the molecule is Cc1ccc(N2CC(C(=O)N3CCN(c4ncnc5c4nnn5C)CC3)CC2=O)cc1C. The van der Waals surface area contributed by atoms with Gasteiger partial charge in [-0.15, -0.1) is 5.10 Å². The highest BCUT2D eigenvalue weighted by Crippen LogP contribution is 2.28. The van der Waals surface area contributed by atoms with Gasteiger partial charge in [-0.25, -0.2) is 14.6 Å². The second kappa shape index (κ2) is 7.85. The highest BCUT2D eigenvalue weighted by Gasteiger charge is 2.38. The highest BCUT2D eigenvalue weighted by atomic mass is 16.2. The number of nitrogens with zero attached hydrogens (tertiary/aromatic N) is 8. The van der Waals surface area contributed by atoms with Crippen LogP contribution < -0.4 is 9.80 Å². The molecule has 2 aliphatic rings. The Balaban J connectivity index is 1.24. The molecule has 10 nitrogen and oxygen atoms in total. The Morgan fingerprint density at radius 1 is 1.06 bits per heavy atom. The number of rotatable bonds is 3. The normalized spacial score (nSPS) is 19.3. The zero-order valence-electron chi connectivity index (χ0n) is 18.5. The van der Waals surface area contributed by atoms with Crippen molar-refractivity contribution in [1.29, 1.82) is 0 Å². The first-order chi connectivity index (χ1) is 15.4. The van der Waals surface area contributed by atoms with Crippen LogP contribution in [0.4, 0.5) is 11.5 Å². The lowest BCUT2D eigenvalue weighted by atomic mass is 10.1. The second-order valence-electron chi connectivity index (χ2n) is 8.57. The van der Waals surface area contributed by atoms with Crippen molar-refractivity contribution in [3.05, 3.63) is 35.7 Å². The maximum absolute atomic E-state index is 13.2. The van der Waals surface area contributed by atoms with Crippen LogP contribution in [-0.4, -0.2) is 74.4 Å². The molecule has 1 aromatic carbocycles. The molecule has 32 heavy (non-hydrogen) atoms. The van der Waals surface area contributed by atoms with Crippen LogP contribution in [0.3, 0.4) is 0 Å². The molecule has 2 aromatic heterocycles. The Bertz CT molecular complexity index is 1200. The molecule has 0 bridgehead atoms. The molecule has 0 N–H and O–H groups in total. The number of benzene rings is 1. The lowest BCUT2D eigenvalue weighted by Crippen LogP contribution is -2.51. The van der Waals surface area contributed by atoms with Crippen LogP contribution >= 0.6 is 0 Å². The standard InChI is InChI=1S/C22H26N8O2/c1-14-4-5-17(10-15(14)2)30-12-16(11-18(30)31)22(32)29-8-6-28(7-9-29)21-19-20(23-13-24-21)27(3)26-25-19/h4-5,10,13,16H,6-9,11-12H2,1-3H3. The van der Waals surface area contributed by atoms with Crippen molar-refractivity contribution in [3.63, 3.8) is 0 Å². The average molecular weight is 435 g/mol. The van der Waals surface area contributed by atoms with Gasteiger partial charge in [-0.3, -0.25) is 9.59 Å². The van der Waals surface area contributed by atoms with E-state index in [-0.39, 0.29) is 24.2 Å². The minimum absolute atomic E-state index is 0.0104. The average Bonchev–Trinajstić information content (AvgIpc) is 3.38. The summed E-state index contributed by atoms with van der Waals surface area (Å²) in [6, 6.07) is 6.00. The molecule has 3 aromatic rings. The zero-order chi connectivity index (χ0) is 22.4. The summed E-state index contributed by atoms with van der Waals surface area (Å²) in [7, 11) is 1.80. The van der Waals surface area contributed by atoms with E-state index in [1.54, 1.807) is 16.6 Å². The maximum atomic E-state index is 13.2. The Morgan fingerprint density at radius 3 is 2.59 bits per heavy atom. The number of carbonyl (C=O) groups excluding carboxylic acids is 2. The lowest BCUT2D eigenvalue weighted by Gasteiger charge is -2.36. The number of amides is 2. The molecule has 0 aliphatic carbocycles. The van der Waals surface area contributed by atoms with E-state index >= 15 is 0 Å². The van der Waals surface area contributed by atoms with Crippen molar-refractivity contribution in [1.82, 2.24) is 29.9 Å². The fraction of sp³-hybridized carbons (Fsp3) is 0.455. The molecular weight excluding hydrogens is 408 g/mol. The number of fused-ring (bicyclic) bond motifs is 1. The predicted octanol–water partition coefficient (Wildman–Crippen LogP) is 1.08. The van der Waals surface area contributed by atoms with Gasteiger partial charge in [-0.05, 0) is 37.1 Å². The first-order valence-electron chi connectivity index (χ1n) is 10.8. The monoisotopic (exact) mass is 434 g/mol. The summed E-state index contributed by atoms with van der Waals surface area (Å²) in [5.74, 6) is 0.501. The van der Waals surface area contributed by atoms with Crippen molar-refractivity contribution < 1.29 is 9.59 Å². The molecule has 1 atom stereocenters. The number of piperazine rings is 1. The van der Waals surface area contributed by atoms with Gasteiger partial charge in [-0.2, -0.15) is 0 Å². The summed E-state index contributed by atoms with van der Waals surface area (Å²) < 4.78 is 1.62. The molecule has 0 spiro atoms. The van der Waals surface area contributed by atoms with Crippen LogP contribution in [-0.2, 0) is 16.6 Å². The van der Waals surface area contributed by atoms with Crippen molar-refractivity contribution in [2.45, 2.75) is 20.3 Å². The topological polar surface area (TPSA) is 100 Å². The van der Waals surface area contributed by atoms with E-state index in [9.17, 15) is 9.59 Å². The molecule has 166 valence electrons. The predicted molar refractivity (Wildman–Crippen MR) is 119 cm³/mol. The van der Waals surface area contributed by atoms with E-state index in [0.717, 1.165) is 17.1 Å². The van der Waals surface area contributed by atoms with Crippen LogP contribution in [0.15, 0.2) is 24.5 Å². The van der Waals surface area contributed by atoms with Gasteiger partial charge in [0.15, 0.2) is 17.0 Å². The molecule has 4 heterocycles. The number of aromatic nitrogens is 5. The van der Waals surface area contributed by atoms with Crippen molar-refractivity contribution in [2.75, 3.05) is 42.5 Å². The number of aryl methyl sites for hydroxylation is 3. The fourth-order valence-corrected chi connectivity index (χ4v) is 4.49. The number of carbonyl (C=O) groups is 2. The molecule has 5 rings (SSSR count). The van der Waals surface area contributed by atoms with E-state index in [0.29, 0.717) is 43.9 Å². The van der Waals surface area contributed by atoms with Gasteiger partial charge in [0.2, 0.25) is 11.8 Å². The molecular formula is C22H26N8O2. The van der Waals surface area contributed by atoms with Gasteiger partial charge in [-0.1, -0.05) is 11.3 Å². The summed E-state index contributed by atoms with van der Waals surface area (Å²) in [6.07, 6.45) is 1.78. The fourth-order valence-electron chi connectivity index (χ4n) is 4.49. The molecule has 2 fully saturated rings. The van der Waals surface area contributed by atoms with Crippen LogP contribution in [0.25, 0.3) is 11.2 Å². The first-order valence-corrected chi connectivity index (χ1v) is 10.8. The van der Waals surface area contributed by atoms with Gasteiger partial charge in [0.1, 0.15) is 6.33 Å². The number of hydrogen-bond acceptors (Lipinski definition) is 7. The lowest BCUT2D eigenvalue weighted by molar-refractivity contribution is -0.136. The van der Waals surface area contributed by atoms with Crippen LogP contribution in [0.2, 0.25) is 0 Å². The summed E-state index contributed by atoms with van der Waals surface area (Å²) in [6.45, 7) is 6.98. The van der Waals surface area contributed by atoms with E-state index in [1.165, 1.54) is 11.9 Å². The van der Waals surface area contributed by atoms with E-state index in [2.05, 4.69) is 25.2 Å². The van der Waals surface area contributed by atoms with Gasteiger partial charge < -0.3 is 14.7 Å². The molecule has 0 radical (unpaired) electrons. The minimum atomic E-state index is -0.304. The van der Waals surface area contributed by atoms with Crippen LogP contribution in [0, 0.1) is 19.8 Å². The van der Waals surface area contributed by atoms with Gasteiger partial charge in [0.05, 0.1) is 5.92 Å². The summed E-state index contributed by atoms with van der Waals surface area (Å²) in [5, 5.41) is 8.22. The van der Waals surface area contributed by atoms with Crippen LogP contribution in [0.1, 0.15) is 17.5 Å². The number of anilines is 2. The van der Waals surface area contributed by atoms with Crippen LogP contribution in [0.5, 0.6) is 0 Å². The Hall–Kier alpha value is -3.56. The highest BCUT2D eigenvalue weighted by molar-refractivity contribution is 6.00. The molecule has 0 saturated carbocycles. The summed E-state index contributed by atoms with van der Waals surface area (Å²) >= 11 is 0. The molecule has 10 heteroatoms. The first kappa shape index (κ1) is 20.3. The molecule has 2 aliphatic heterocycles. The second-order valence-corrected chi connectivity index (χ2v) is 8.57. The van der Waals surface area contributed by atoms with Gasteiger partial charge >= 0.3 is 0 Å². The summed E-state index contributed by atoms with van der Waals surface area (Å²) in [4.78, 5) is 40.2. The molecule has 2 amide bonds. The van der Waals surface area contributed by atoms with E-state index in [4.69, 9.17) is 0 Å². The van der Waals surface area contributed by atoms with Crippen molar-refractivity contribution in [3.8, 4) is 0 Å². The van der Waals surface area contributed by atoms with Gasteiger partial charge in [0.25, 0.3) is 0 Å². The van der Waals surface area contributed by atoms with Gasteiger partial charge in [0, 0.05) is 51.9 Å². The molecule has 2 saturated heterocycles. The Kier molecular flexibility index (Phi) is 4.99. The third-order valence-corrected chi connectivity index (χ3v) is 6.54.